The highest BCUT2D eigenvalue weighted by molar-refractivity contribution is 5.84. The van der Waals surface area contributed by atoms with Crippen LogP contribution in [0.5, 0.6) is 5.75 Å². The molecule has 1 aromatic carbocycles. The molecule has 1 aliphatic heterocycles. The fraction of sp³-hybridized carbons (Fsp3) is 0.389. The second kappa shape index (κ2) is 7.25. The van der Waals surface area contributed by atoms with Crippen LogP contribution in [-0.2, 0) is 16.8 Å². The van der Waals surface area contributed by atoms with Gasteiger partial charge in [0, 0.05) is 18.8 Å². The number of methoxy groups -OCH3 is 1. The highest BCUT2D eigenvalue weighted by atomic mass is 19.1. The number of aromatic carboxylic acids is 1. The van der Waals surface area contributed by atoms with Crippen molar-refractivity contribution < 1.29 is 28.2 Å². The standard InChI is InChI=1S/C18H20FNO5/c1-23-14-4-2-3-13(16(14)19)18(7-9-24-10-8-18)20-11-12-5-6-15(25-12)17(21)22/h2-6,20H,7-11H2,1H3,(H,21,22). The molecule has 2 aromatic rings. The van der Waals surface area contributed by atoms with E-state index in [-0.39, 0.29) is 18.1 Å². The lowest BCUT2D eigenvalue weighted by molar-refractivity contribution is 0.0334. The van der Waals surface area contributed by atoms with E-state index < -0.39 is 17.3 Å². The fourth-order valence-corrected chi connectivity index (χ4v) is 3.14. The maximum atomic E-state index is 14.8. The molecular weight excluding hydrogens is 329 g/mol. The van der Waals surface area contributed by atoms with Crippen molar-refractivity contribution in [2.45, 2.75) is 24.9 Å². The Morgan fingerprint density at radius 1 is 1.32 bits per heavy atom. The third kappa shape index (κ3) is 3.52. The van der Waals surface area contributed by atoms with Crippen LogP contribution >= 0.6 is 0 Å². The van der Waals surface area contributed by atoms with E-state index in [0.717, 1.165) is 0 Å². The molecule has 7 heteroatoms. The number of carboxylic acid groups (broad SMARTS) is 1. The van der Waals surface area contributed by atoms with Gasteiger partial charge in [0.15, 0.2) is 11.6 Å². The number of furan rings is 1. The van der Waals surface area contributed by atoms with Crippen molar-refractivity contribution in [2.75, 3.05) is 20.3 Å². The van der Waals surface area contributed by atoms with Crippen molar-refractivity contribution >= 4 is 5.97 Å². The first-order valence-corrected chi connectivity index (χ1v) is 8.03. The normalized spacial score (nSPS) is 16.6. The van der Waals surface area contributed by atoms with Crippen LogP contribution in [0.1, 0.15) is 34.7 Å². The summed E-state index contributed by atoms with van der Waals surface area (Å²) in [6, 6.07) is 8.08. The first-order valence-electron chi connectivity index (χ1n) is 8.03. The van der Waals surface area contributed by atoms with Gasteiger partial charge in [0.05, 0.1) is 19.2 Å². The largest absolute Gasteiger partial charge is 0.494 e. The summed E-state index contributed by atoms with van der Waals surface area (Å²) < 4.78 is 30.6. The van der Waals surface area contributed by atoms with Gasteiger partial charge in [-0.3, -0.25) is 0 Å². The zero-order chi connectivity index (χ0) is 17.9. The molecule has 1 aromatic heterocycles. The Morgan fingerprint density at radius 2 is 2.08 bits per heavy atom. The Balaban J connectivity index is 1.87. The first kappa shape index (κ1) is 17.4. The molecule has 0 unspecified atom stereocenters. The molecule has 6 nitrogen and oxygen atoms in total. The number of rotatable bonds is 6. The molecule has 0 radical (unpaired) electrons. The predicted molar refractivity (Wildman–Crippen MR) is 87.2 cm³/mol. The van der Waals surface area contributed by atoms with Crippen LogP contribution in [0.3, 0.4) is 0 Å². The van der Waals surface area contributed by atoms with Gasteiger partial charge in [0.2, 0.25) is 5.76 Å². The van der Waals surface area contributed by atoms with Gasteiger partial charge >= 0.3 is 5.97 Å². The monoisotopic (exact) mass is 349 g/mol. The summed E-state index contributed by atoms with van der Waals surface area (Å²) in [5.74, 6) is -0.968. The number of hydrogen-bond acceptors (Lipinski definition) is 5. The quantitative estimate of drug-likeness (QED) is 0.835. The zero-order valence-corrected chi connectivity index (χ0v) is 13.9. The number of halogens is 1. The highest BCUT2D eigenvalue weighted by Crippen LogP contribution is 2.36. The van der Waals surface area contributed by atoms with E-state index >= 15 is 0 Å². The number of carboxylic acids is 1. The molecule has 2 heterocycles. The number of nitrogens with one attached hydrogen (secondary N) is 1. The van der Waals surface area contributed by atoms with E-state index in [0.29, 0.717) is 37.4 Å². The van der Waals surface area contributed by atoms with Gasteiger partial charge in [0.25, 0.3) is 0 Å². The second-order valence-electron chi connectivity index (χ2n) is 5.94. The molecule has 0 atom stereocenters. The lowest BCUT2D eigenvalue weighted by Gasteiger charge is -2.39. The van der Waals surface area contributed by atoms with Crippen LogP contribution in [0.4, 0.5) is 4.39 Å². The van der Waals surface area contributed by atoms with E-state index in [9.17, 15) is 9.18 Å². The molecule has 134 valence electrons. The third-order valence-corrected chi connectivity index (χ3v) is 4.52. The molecule has 1 aliphatic rings. The van der Waals surface area contributed by atoms with Crippen molar-refractivity contribution in [1.82, 2.24) is 5.32 Å². The zero-order valence-electron chi connectivity index (χ0n) is 13.9. The topological polar surface area (TPSA) is 80.9 Å². The molecular formula is C18H20FNO5. The molecule has 0 bridgehead atoms. The number of carbonyl (C=O) groups is 1. The summed E-state index contributed by atoms with van der Waals surface area (Å²) in [5, 5.41) is 12.3. The molecule has 25 heavy (non-hydrogen) atoms. The average molecular weight is 349 g/mol. The summed E-state index contributed by atoms with van der Waals surface area (Å²) >= 11 is 0. The summed E-state index contributed by atoms with van der Waals surface area (Å²) in [6.07, 6.45) is 1.17. The van der Waals surface area contributed by atoms with Crippen LogP contribution in [0.25, 0.3) is 0 Å². The average Bonchev–Trinajstić information content (AvgIpc) is 3.10. The van der Waals surface area contributed by atoms with Gasteiger partial charge in [-0.25, -0.2) is 9.18 Å². The van der Waals surface area contributed by atoms with Crippen LogP contribution < -0.4 is 10.1 Å². The molecule has 0 aliphatic carbocycles. The maximum absolute atomic E-state index is 14.8. The van der Waals surface area contributed by atoms with Gasteiger partial charge in [-0.15, -0.1) is 0 Å². The number of ether oxygens (including phenoxy) is 2. The number of hydrogen-bond donors (Lipinski definition) is 2. The van der Waals surface area contributed by atoms with E-state index in [1.807, 2.05) is 0 Å². The summed E-state index contributed by atoms with van der Waals surface area (Å²) in [6.45, 7) is 1.29. The SMILES string of the molecule is COc1cccc(C2(NCc3ccc(C(=O)O)o3)CCOCC2)c1F. The fourth-order valence-electron chi connectivity index (χ4n) is 3.14. The van der Waals surface area contributed by atoms with E-state index in [1.165, 1.54) is 13.2 Å². The van der Waals surface area contributed by atoms with E-state index in [2.05, 4.69) is 5.32 Å². The van der Waals surface area contributed by atoms with E-state index in [1.54, 1.807) is 24.3 Å². The maximum Gasteiger partial charge on any atom is 0.371 e. The van der Waals surface area contributed by atoms with Crippen molar-refractivity contribution in [3.63, 3.8) is 0 Å². The number of benzene rings is 1. The lowest BCUT2D eigenvalue weighted by atomic mass is 9.82. The minimum atomic E-state index is -1.12. The van der Waals surface area contributed by atoms with Crippen molar-refractivity contribution in [3.8, 4) is 5.75 Å². The molecule has 1 saturated heterocycles. The van der Waals surface area contributed by atoms with Crippen LogP contribution in [0, 0.1) is 5.82 Å². The first-order chi connectivity index (χ1) is 12.1. The van der Waals surface area contributed by atoms with Gasteiger partial charge in [-0.05, 0) is 31.0 Å². The van der Waals surface area contributed by atoms with Gasteiger partial charge in [-0.2, -0.15) is 0 Å². The Kier molecular flexibility index (Phi) is 5.06. The van der Waals surface area contributed by atoms with Crippen LogP contribution in [0.2, 0.25) is 0 Å². The van der Waals surface area contributed by atoms with Crippen molar-refractivity contribution in [3.05, 3.63) is 53.2 Å². The highest BCUT2D eigenvalue weighted by Gasteiger charge is 2.37. The molecule has 1 fully saturated rings. The molecule has 0 saturated carbocycles. The van der Waals surface area contributed by atoms with Gasteiger partial charge < -0.3 is 24.3 Å². The van der Waals surface area contributed by atoms with Gasteiger partial charge in [0.1, 0.15) is 5.76 Å². The Morgan fingerprint density at radius 3 is 2.72 bits per heavy atom. The summed E-state index contributed by atoms with van der Waals surface area (Å²) in [7, 11) is 1.43. The Bertz CT molecular complexity index is 752. The predicted octanol–water partition coefficient (Wildman–Crippen LogP) is 2.92. The minimum Gasteiger partial charge on any atom is -0.494 e. The molecule has 0 spiro atoms. The summed E-state index contributed by atoms with van der Waals surface area (Å²) in [4.78, 5) is 10.9. The smallest absolute Gasteiger partial charge is 0.371 e. The lowest BCUT2D eigenvalue weighted by Crippen LogP contribution is -2.47. The van der Waals surface area contributed by atoms with Crippen molar-refractivity contribution in [2.24, 2.45) is 0 Å². The Labute approximate surface area is 144 Å². The molecule has 0 amide bonds. The minimum absolute atomic E-state index is 0.120. The van der Waals surface area contributed by atoms with Gasteiger partial charge in [-0.1, -0.05) is 12.1 Å². The van der Waals surface area contributed by atoms with Crippen molar-refractivity contribution in [1.29, 1.82) is 0 Å². The molecule has 3 rings (SSSR count). The van der Waals surface area contributed by atoms with E-state index in [4.69, 9.17) is 19.0 Å². The Hall–Kier alpha value is -2.38. The summed E-state index contributed by atoms with van der Waals surface area (Å²) in [5.41, 5.74) is -0.118. The van der Waals surface area contributed by atoms with Crippen LogP contribution in [0.15, 0.2) is 34.7 Å². The third-order valence-electron chi connectivity index (χ3n) is 4.52. The van der Waals surface area contributed by atoms with Crippen LogP contribution in [-0.4, -0.2) is 31.4 Å². The molecule has 2 N–H and O–H groups in total. The second-order valence-corrected chi connectivity index (χ2v) is 5.94.